The van der Waals surface area contributed by atoms with Gasteiger partial charge in [0.15, 0.2) is 5.60 Å². The molecule has 0 saturated heterocycles. The Balaban J connectivity index is 1.85. The second-order valence-corrected chi connectivity index (χ2v) is 9.23. The first kappa shape index (κ1) is 22.1. The summed E-state index contributed by atoms with van der Waals surface area (Å²) in [7, 11) is 0. The van der Waals surface area contributed by atoms with Crippen molar-refractivity contribution in [3.05, 3.63) is 142 Å². The van der Waals surface area contributed by atoms with Gasteiger partial charge in [-0.2, -0.15) is 0 Å². The van der Waals surface area contributed by atoms with Gasteiger partial charge in [-0.15, -0.1) is 0 Å². The molecular formula is C31H29NO2. The van der Waals surface area contributed by atoms with Crippen LogP contribution in [-0.4, -0.2) is 15.2 Å². The van der Waals surface area contributed by atoms with Crippen molar-refractivity contribution in [3.8, 4) is 0 Å². The first-order valence-corrected chi connectivity index (χ1v) is 11.6. The summed E-state index contributed by atoms with van der Waals surface area (Å²) in [5, 5.41) is 25.3. The quantitative estimate of drug-likeness (QED) is 0.290. The average Bonchev–Trinajstić information content (AvgIpc) is 3.23. The van der Waals surface area contributed by atoms with Crippen molar-refractivity contribution in [3.63, 3.8) is 0 Å². The number of nitrogens with one attached hydrogen (secondary N) is 1. The minimum Gasteiger partial charge on any atom is -0.384 e. The summed E-state index contributed by atoms with van der Waals surface area (Å²) in [6.07, 6.45) is -0.910. The van der Waals surface area contributed by atoms with E-state index in [1.165, 1.54) is 0 Å². The van der Waals surface area contributed by atoms with Crippen LogP contribution in [0.2, 0.25) is 0 Å². The fourth-order valence-corrected chi connectivity index (χ4v) is 4.94. The predicted octanol–water partition coefficient (Wildman–Crippen LogP) is 6.46. The zero-order chi connectivity index (χ0) is 23.9. The van der Waals surface area contributed by atoms with E-state index in [0.717, 1.165) is 44.3 Å². The molecule has 3 nitrogen and oxygen atoms in total. The molecule has 34 heavy (non-hydrogen) atoms. The normalized spacial score (nSPS) is 12.7. The molecule has 5 rings (SSSR count). The Morgan fingerprint density at radius 2 is 1.24 bits per heavy atom. The Hall–Kier alpha value is -3.66. The van der Waals surface area contributed by atoms with Gasteiger partial charge in [-0.3, -0.25) is 0 Å². The summed E-state index contributed by atoms with van der Waals surface area (Å²) in [6.45, 7) is 6.06. The second-order valence-electron chi connectivity index (χ2n) is 9.23. The van der Waals surface area contributed by atoms with E-state index < -0.39 is 11.7 Å². The Kier molecular flexibility index (Phi) is 5.60. The number of aryl methyl sites for hydroxylation is 3. The minimum atomic E-state index is -1.49. The summed E-state index contributed by atoms with van der Waals surface area (Å²) in [5.74, 6) is 0. The van der Waals surface area contributed by atoms with Crippen LogP contribution in [0, 0.1) is 20.8 Å². The molecule has 170 valence electrons. The molecule has 0 fully saturated rings. The number of benzene rings is 4. The lowest BCUT2D eigenvalue weighted by Gasteiger charge is -2.31. The zero-order valence-electron chi connectivity index (χ0n) is 19.7. The van der Waals surface area contributed by atoms with Crippen LogP contribution in [0.25, 0.3) is 10.9 Å². The van der Waals surface area contributed by atoms with Gasteiger partial charge in [0, 0.05) is 16.5 Å². The number of fused-ring (bicyclic) bond motifs is 1. The maximum absolute atomic E-state index is 12.7. The summed E-state index contributed by atoms with van der Waals surface area (Å²) in [6, 6.07) is 31.7. The van der Waals surface area contributed by atoms with Crippen LogP contribution in [0.1, 0.15) is 50.7 Å². The number of aliphatic hydroxyl groups excluding tert-OH is 1. The molecule has 3 N–H and O–H groups in total. The van der Waals surface area contributed by atoms with Crippen molar-refractivity contribution >= 4 is 10.9 Å². The van der Waals surface area contributed by atoms with Gasteiger partial charge in [-0.25, -0.2) is 0 Å². The summed E-state index contributed by atoms with van der Waals surface area (Å²) < 4.78 is 0. The number of aliphatic hydroxyl groups is 2. The molecule has 4 aromatic carbocycles. The molecule has 0 amide bonds. The SMILES string of the molecule is Cc1cccc(C(O)c2c(C(O)(c3cccc(C)c3)c3cccc(C)c3)[nH]c3ccccc23)c1. The summed E-state index contributed by atoms with van der Waals surface area (Å²) >= 11 is 0. The zero-order valence-corrected chi connectivity index (χ0v) is 19.7. The fraction of sp³-hybridized carbons (Fsp3) is 0.161. The molecular weight excluding hydrogens is 418 g/mol. The maximum atomic E-state index is 12.7. The number of aromatic amines is 1. The molecule has 5 aromatic rings. The van der Waals surface area contributed by atoms with Crippen LogP contribution in [0.3, 0.4) is 0 Å². The third kappa shape index (κ3) is 3.73. The number of hydrogen-bond donors (Lipinski definition) is 3. The van der Waals surface area contributed by atoms with Gasteiger partial charge in [0.05, 0.1) is 5.69 Å². The van der Waals surface area contributed by atoms with Crippen molar-refractivity contribution < 1.29 is 10.2 Å². The van der Waals surface area contributed by atoms with Gasteiger partial charge in [0.2, 0.25) is 0 Å². The van der Waals surface area contributed by atoms with E-state index in [1.54, 1.807) is 0 Å². The molecule has 0 bridgehead atoms. The Morgan fingerprint density at radius 3 is 1.82 bits per heavy atom. The van der Waals surface area contributed by atoms with Gasteiger partial charge in [-0.1, -0.05) is 108 Å². The second kappa shape index (κ2) is 8.60. The predicted molar refractivity (Wildman–Crippen MR) is 138 cm³/mol. The monoisotopic (exact) mass is 447 g/mol. The van der Waals surface area contributed by atoms with E-state index in [1.807, 2.05) is 118 Å². The number of hydrogen-bond acceptors (Lipinski definition) is 2. The Bertz CT molecular complexity index is 1430. The van der Waals surface area contributed by atoms with Crippen LogP contribution in [-0.2, 0) is 5.60 Å². The topological polar surface area (TPSA) is 56.2 Å². The maximum Gasteiger partial charge on any atom is 0.155 e. The Labute approximate surface area is 200 Å². The first-order chi connectivity index (χ1) is 16.4. The highest BCUT2D eigenvalue weighted by atomic mass is 16.3. The van der Waals surface area contributed by atoms with Gasteiger partial charge >= 0.3 is 0 Å². The fourth-order valence-electron chi connectivity index (χ4n) is 4.94. The molecule has 1 unspecified atom stereocenters. The summed E-state index contributed by atoms with van der Waals surface area (Å²) in [5.41, 5.74) is 6.14. The van der Waals surface area contributed by atoms with Crippen LogP contribution < -0.4 is 0 Å². The van der Waals surface area contributed by atoms with Crippen molar-refractivity contribution in [2.24, 2.45) is 0 Å². The summed E-state index contributed by atoms with van der Waals surface area (Å²) in [4.78, 5) is 3.50. The first-order valence-electron chi connectivity index (χ1n) is 11.6. The van der Waals surface area contributed by atoms with Crippen LogP contribution >= 0.6 is 0 Å². The van der Waals surface area contributed by atoms with Crippen molar-refractivity contribution in [2.75, 3.05) is 0 Å². The van der Waals surface area contributed by atoms with Crippen LogP contribution in [0.4, 0.5) is 0 Å². The molecule has 0 saturated carbocycles. The molecule has 0 aliphatic heterocycles. The van der Waals surface area contributed by atoms with E-state index in [4.69, 9.17) is 0 Å². The lowest BCUT2D eigenvalue weighted by Crippen LogP contribution is -2.31. The van der Waals surface area contributed by atoms with E-state index in [2.05, 4.69) is 4.98 Å². The number of rotatable bonds is 5. The van der Waals surface area contributed by atoms with Gasteiger partial charge < -0.3 is 15.2 Å². The number of aromatic nitrogens is 1. The van der Waals surface area contributed by atoms with E-state index in [0.29, 0.717) is 11.3 Å². The number of H-pyrrole nitrogens is 1. The third-order valence-corrected chi connectivity index (χ3v) is 6.61. The van der Waals surface area contributed by atoms with E-state index in [-0.39, 0.29) is 0 Å². The largest absolute Gasteiger partial charge is 0.384 e. The third-order valence-electron chi connectivity index (χ3n) is 6.61. The number of para-hydroxylation sites is 1. The van der Waals surface area contributed by atoms with Crippen molar-refractivity contribution in [1.29, 1.82) is 0 Å². The lowest BCUT2D eigenvalue weighted by molar-refractivity contribution is 0.116. The van der Waals surface area contributed by atoms with Gasteiger partial charge in [0.25, 0.3) is 0 Å². The lowest BCUT2D eigenvalue weighted by atomic mass is 9.79. The molecule has 3 heteroatoms. The van der Waals surface area contributed by atoms with E-state index >= 15 is 0 Å². The van der Waals surface area contributed by atoms with Crippen molar-refractivity contribution in [2.45, 2.75) is 32.5 Å². The smallest absolute Gasteiger partial charge is 0.155 e. The molecule has 0 aliphatic rings. The molecule has 1 aromatic heterocycles. The molecule has 1 heterocycles. The Morgan fingerprint density at radius 1 is 0.676 bits per heavy atom. The minimum absolute atomic E-state index is 0.582. The average molecular weight is 448 g/mol. The van der Waals surface area contributed by atoms with Crippen molar-refractivity contribution in [1.82, 2.24) is 4.98 Å². The molecule has 1 atom stereocenters. The molecule has 0 spiro atoms. The highest BCUT2D eigenvalue weighted by Crippen LogP contribution is 2.44. The highest BCUT2D eigenvalue weighted by molar-refractivity contribution is 5.86. The van der Waals surface area contributed by atoms with Crippen LogP contribution in [0.5, 0.6) is 0 Å². The van der Waals surface area contributed by atoms with E-state index in [9.17, 15) is 10.2 Å². The van der Waals surface area contributed by atoms with Crippen LogP contribution in [0.15, 0.2) is 97.1 Å². The molecule has 0 radical (unpaired) electrons. The van der Waals surface area contributed by atoms with Gasteiger partial charge in [0.1, 0.15) is 6.10 Å². The highest BCUT2D eigenvalue weighted by Gasteiger charge is 2.40. The van der Waals surface area contributed by atoms with Gasteiger partial charge in [-0.05, 0) is 43.5 Å². The molecule has 0 aliphatic carbocycles. The standard InChI is InChI=1S/C31H29NO2/c1-20-9-6-12-23(17-20)29(33)28-26-15-4-5-16-27(26)32-30(28)31(34,24-13-7-10-21(2)18-24)25-14-8-11-22(3)19-25/h4-19,29,32-34H,1-3H3.